The zero-order valence-corrected chi connectivity index (χ0v) is 20.2. The van der Waals surface area contributed by atoms with Crippen LogP contribution >= 0.6 is 23.5 Å². The van der Waals surface area contributed by atoms with Crippen molar-refractivity contribution in [2.45, 2.75) is 24.5 Å². The van der Waals surface area contributed by atoms with Gasteiger partial charge in [0, 0.05) is 0 Å². The monoisotopic (exact) mass is 590 g/mol. The highest BCUT2D eigenvalue weighted by Gasteiger charge is 2.52. The lowest BCUT2D eigenvalue weighted by atomic mass is 10.1. The molecule has 0 aromatic rings. The van der Waals surface area contributed by atoms with Crippen LogP contribution < -0.4 is 5.73 Å². The first-order valence-electron chi connectivity index (χ1n) is 9.05. The molecule has 27 heteroatoms. The summed E-state index contributed by atoms with van der Waals surface area (Å²) in [5.41, 5.74) is 12.4. The molecule has 9 N–H and O–H groups in total. The van der Waals surface area contributed by atoms with E-state index in [2.05, 4.69) is 48.6 Å². The third-order valence-electron chi connectivity index (χ3n) is 4.22. The van der Waals surface area contributed by atoms with Crippen LogP contribution in [-0.2, 0) is 31.6 Å². The fraction of sp³-hybridized carbons (Fsp3) is 0.500. The van der Waals surface area contributed by atoms with Crippen LogP contribution in [0.25, 0.3) is 5.08 Å². The second kappa shape index (κ2) is 10.6. The van der Waals surface area contributed by atoms with Gasteiger partial charge in [0.2, 0.25) is 5.10 Å². The van der Waals surface area contributed by atoms with Gasteiger partial charge < -0.3 is 40.3 Å². The van der Waals surface area contributed by atoms with Crippen LogP contribution in [0.5, 0.6) is 0 Å². The predicted octanol–water partition coefficient (Wildman–Crippen LogP) is -2.27. The second-order valence-electron chi connectivity index (χ2n) is 6.69. The zero-order chi connectivity index (χ0) is 27.8. The number of guanidine groups is 2. The van der Waals surface area contributed by atoms with Crippen molar-refractivity contribution in [2.24, 2.45) is 36.1 Å². The van der Waals surface area contributed by atoms with Gasteiger partial charge in [-0.2, -0.15) is 29.1 Å². The molecule has 6 atom stereocenters. The molecule has 3 aliphatic rings. The molecule has 202 valence electrons. The summed E-state index contributed by atoms with van der Waals surface area (Å²) in [6.07, 6.45) is -7.12. The number of diazo groups is 1. The lowest BCUT2D eigenvalue weighted by Gasteiger charge is -2.26. The van der Waals surface area contributed by atoms with E-state index >= 15 is 0 Å². The van der Waals surface area contributed by atoms with E-state index in [1.807, 2.05) is 0 Å². The van der Waals surface area contributed by atoms with Crippen molar-refractivity contribution in [1.29, 1.82) is 10.9 Å². The van der Waals surface area contributed by atoms with Gasteiger partial charge in [-0.25, -0.2) is 13.7 Å². The van der Waals surface area contributed by atoms with Gasteiger partial charge in [-0.15, -0.1) is 0 Å². The molecule has 24 nitrogen and oxygen atoms in total. The van der Waals surface area contributed by atoms with E-state index in [1.54, 1.807) is 0 Å². The molecule has 0 aromatic heterocycles. The van der Waals surface area contributed by atoms with Crippen molar-refractivity contribution in [3.8, 4) is 0 Å². The number of nitrogens with two attached hydrogens (primary N) is 1. The molecular weight excluding hydrogens is 575 g/mol. The Labute approximate surface area is 203 Å². The molecule has 0 saturated carbocycles. The minimum absolute atomic E-state index is 0.173. The lowest BCUT2D eigenvalue weighted by Crippen LogP contribution is -2.51. The number of aliphatic hydroxyl groups is 2. The molecule has 0 aromatic carbocycles. The van der Waals surface area contributed by atoms with Crippen LogP contribution in [0.15, 0.2) is 30.4 Å². The van der Waals surface area contributed by atoms with Gasteiger partial charge in [0.25, 0.3) is 11.4 Å². The number of ether oxygens (including phenoxy) is 1. The fourth-order valence-corrected chi connectivity index (χ4v) is 5.99. The molecule has 3 heterocycles. The summed E-state index contributed by atoms with van der Waals surface area (Å²) >= 11 is 0. The Morgan fingerprint density at radius 3 is 2.38 bits per heavy atom. The van der Waals surface area contributed by atoms with Crippen molar-refractivity contribution in [3.05, 3.63) is 5.08 Å². The average molecular weight is 590 g/mol. The number of nitrogens with zero attached hydrogens (tertiary/aromatic N) is 9. The Bertz CT molecular complexity index is 1320. The summed E-state index contributed by atoms with van der Waals surface area (Å²) in [5.74, 6) is -1.51. The third kappa shape index (κ3) is 6.78. The van der Waals surface area contributed by atoms with E-state index in [0.717, 1.165) is 4.90 Å². The van der Waals surface area contributed by atoms with E-state index in [-0.39, 0.29) is 17.4 Å². The Morgan fingerprint density at radius 2 is 1.78 bits per heavy atom. The van der Waals surface area contributed by atoms with Crippen LogP contribution in [0.4, 0.5) is 0 Å². The van der Waals surface area contributed by atoms with Gasteiger partial charge >= 0.3 is 34.5 Å². The number of amidine groups is 2. The minimum Gasteiger partial charge on any atom is -0.387 e. The molecule has 0 amide bonds. The second-order valence-corrected chi connectivity index (χ2v) is 11.1. The third-order valence-corrected chi connectivity index (χ3v) is 8.02. The van der Waals surface area contributed by atoms with Crippen LogP contribution in [0, 0.1) is 10.9 Å². The summed E-state index contributed by atoms with van der Waals surface area (Å²) in [4.78, 5) is 48.3. The van der Waals surface area contributed by atoms with E-state index in [4.69, 9.17) is 31.2 Å². The predicted molar refractivity (Wildman–Crippen MR) is 114 cm³/mol. The first kappa shape index (κ1) is 28.8. The standard InChI is InChI=1S/C10H14N11O13P3/c11-6-3-7(16-9(15-6)17-19-12)21(10(14-3)18-20-13)8-5(23)4(22)2(32-8)1-31-36(27,28)34-37(29,30)33-35(24,25)26/h2,4-5,8,22-23H,1H2,(H6-,11,12,15,17,24,25,26,27,28,29,30)/p+1. The molecule has 37 heavy (non-hydrogen) atoms. The summed E-state index contributed by atoms with van der Waals surface area (Å²) in [5, 5.41) is 41.7. The molecule has 3 rings (SSSR count). The molecule has 0 spiro atoms. The topological polar surface area (TPSA) is 365 Å². The molecule has 0 bridgehead atoms. The van der Waals surface area contributed by atoms with E-state index in [1.165, 1.54) is 0 Å². The molecule has 0 aliphatic carbocycles. The molecule has 1 fully saturated rings. The summed E-state index contributed by atoms with van der Waals surface area (Å²) in [7, 11) is -17.0. The average Bonchev–Trinajstić information content (AvgIpc) is 3.22. The Hall–Kier alpha value is -2.74. The van der Waals surface area contributed by atoms with Crippen LogP contribution in [-0.4, -0.2) is 95.1 Å². The largest absolute Gasteiger partial charge is 0.490 e. The maximum atomic E-state index is 11.9. The Kier molecular flexibility index (Phi) is 8.22. The quantitative estimate of drug-likeness (QED) is 0.0607. The van der Waals surface area contributed by atoms with Gasteiger partial charge in [0.05, 0.1) is 6.61 Å². The number of aliphatic hydroxyl groups excluding tert-OH is 2. The van der Waals surface area contributed by atoms with Gasteiger partial charge in [-0.05, 0) is 5.22 Å². The van der Waals surface area contributed by atoms with Gasteiger partial charge in [0.1, 0.15) is 18.3 Å². The highest BCUT2D eigenvalue weighted by atomic mass is 31.3. The number of hydrogen-bond acceptors (Lipinski definition) is 14. The molecular formula is C10H15N11O13P3+. The SMILES string of the molecule is N#[N+]N=C1N=C2C(N)=NC(=NN=N)N=C2N1C1OC(COP(=O)(O)OP(=O)(O)OP(=O)(O)O)C(O)C1O. The van der Waals surface area contributed by atoms with Crippen LogP contribution in [0.3, 0.4) is 0 Å². The number of nitrogens with one attached hydrogen (secondary N) is 1. The highest BCUT2D eigenvalue weighted by molar-refractivity contribution is 7.66. The van der Waals surface area contributed by atoms with Gasteiger partial charge in [-0.3, -0.25) is 9.42 Å². The van der Waals surface area contributed by atoms with E-state index in [9.17, 15) is 33.7 Å². The normalized spacial score (nSPS) is 31.2. The smallest absolute Gasteiger partial charge is 0.387 e. The summed E-state index contributed by atoms with van der Waals surface area (Å²) in [6, 6.07) is 0. The number of phosphoric ester groups is 1. The molecule has 6 unspecified atom stereocenters. The molecule has 1 saturated heterocycles. The number of fused-ring (bicyclic) bond motifs is 1. The van der Waals surface area contributed by atoms with Gasteiger partial charge in [0.15, 0.2) is 23.6 Å². The number of aliphatic imine (C=N–C) groups is 3. The first-order chi connectivity index (χ1) is 17.1. The maximum Gasteiger partial charge on any atom is 0.490 e. The van der Waals surface area contributed by atoms with Crippen molar-refractivity contribution < 1.29 is 61.4 Å². The lowest BCUT2D eigenvalue weighted by molar-refractivity contribution is -0.0511. The number of rotatable bonds is 9. The minimum atomic E-state index is -5.80. The summed E-state index contributed by atoms with van der Waals surface area (Å²) in [6.45, 7) is -1.11. The Morgan fingerprint density at radius 1 is 1.11 bits per heavy atom. The van der Waals surface area contributed by atoms with Crippen LogP contribution in [0.2, 0.25) is 0 Å². The summed E-state index contributed by atoms with van der Waals surface area (Å²) < 4.78 is 51.0. The van der Waals surface area contributed by atoms with E-state index < -0.39 is 66.5 Å². The molecule has 3 aliphatic heterocycles. The van der Waals surface area contributed by atoms with Gasteiger partial charge in [-0.1, -0.05) is 5.10 Å². The maximum absolute atomic E-state index is 11.9. The van der Waals surface area contributed by atoms with Crippen molar-refractivity contribution in [3.63, 3.8) is 0 Å². The Balaban J connectivity index is 1.80. The van der Waals surface area contributed by atoms with E-state index in [0.29, 0.717) is 0 Å². The van der Waals surface area contributed by atoms with Crippen LogP contribution in [0.1, 0.15) is 0 Å². The number of phosphoric acid groups is 3. The fourth-order valence-electron chi connectivity index (χ4n) is 2.96. The molecule has 0 radical (unpaired) electrons. The van der Waals surface area contributed by atoms with Crippen molar-refractivity contribution >= 4 is 52.8 Å². The van der Waals surface area contributed by atoms with Crippen molar-refractivity contribution in [1.82, 2.24) is 4.90 Å². The first-order valence-corrected chi connectivity index (χ1v) is 13.6. The van der Waals surface area contributed by atoms with Crippen molar-refractivity contribution in [2.75, 3.05) is 6.61 Å². The zero-order valence-electron chi connectivity index (χ0n) is 17.5. The highest BCUT2D eigenvalue weighted by Crippen LogP contribution is 2.66. The number of hydrogen-bond donors (Lipinski definition) is 8.